The lowest BCUT2D eigenvalue weighted by atomic mass is 10.0. The van der Waals surface area contributed by atoms with Crippen molar-refractivity contribution < 1.29 is 0 Å². The van der Waals surface area contributed by atoms with E-state index in [9.17, 15) is 0 Å². The molecule has 0 aliphatic heterocycles. The van der Waals surface area contributed by atoms with Gasteiger partial charge in [0.05, 0.1) is 0 Å². The van der Waals surface area contributed by atoms with Crippen LogP contribution in [-0.2, 0) is 5.33 Å². The van der Waals surface area contributed by atoms with Gasteiger partial charge in [-0.05, 0) is 28.8 Å². The Hall–Kier alpha value is -0.600. The molecule has 0 heterocycles. The van der Waals surface area contributed by atoms with Crippen molar-refractivity contribution >= 4 is 31.9 Å². The van der Waals surface area contributed by atoms with Gasteiger partial charge in [0.1, 0.15) is 0 Å². The van der Waals surface area contributed by atoms with Gasteiger partial charge in [0, 0.05) is 9.80 Å². The van der Waals surface area contributed by atoms with Crippen LogP contribution in [0.5, 0.6) is 0 Å². The van der Waals surface area contributed by atoms with Crippen molar-refractivity contribution in [2.45, 2.75) is 5.33 Å². The lowest BCUT2D eigenvalue weighted by Gasteiger charge is -2.06. The van der Waals surface area contributed by atoms with Crippen molar-refractivity contribution in [3.8, 4) is 11.1 Å². The highest BCUT2D eigenvalue weighted by Crippen LogP contribution is 2.26. The van der Waals surface area contributed by atoms with Gasteiger partial charge >= 0.3 is 0 Å². The number of benzene rings is 2. The van der Waals surface area contributed by atoms with Crippen LogP contribution in [0.3, 0.4) is 0 Å². The summed E-state index contributed by atoms with van der Waals surface area (Å²) in [4.78, 5) is 0. The van der Waals surface area contributed by atoms with E-state index < -0.39 is 0 Å². The van der Waals surface area contributed by atoms with Crippen LogP contribution in [-0.4, -0.2) is 0 Å². The van der Waals surface area contributed by atoms with Gasteiger partial charge in [0.2, 0.25) is 0 Å². The first-order valence-electron chi connectivity index (χ1n) is 4.71. The second kappa shape index (κ2) is 4.95. The van der Waals surface area contributed by atoms with Crippen molar-refractivity contribution in [1.82, 2.24) is 0 Å². The first-order chi connectivity index (χ1) is 7.31. The van der Waals surface area contributed by atoms with Crippen LogP contribution in [0.15, 0.2) is 53.0 Å². The van der Waals surface area contributed by atoms with E-state index in [-0.39, 0.29) is 0 Å². The van der Waals surface area contributed by atoms with Gasteiger partial charge in [-0.2, -0.15) is 0 Å². The van der Waals surface area contributed by atoms with Crippen molar-refractivity contribution in [2.75, 3.05) is 0 Å². The van der Waals surface area contributed by atoms with Gasteiger partial charge in [0.15, 0.2) is 0 Å². The molecule has 0 atom stereocenters. The maximum absolute atomic E-state index is 3.51. The third-order valence-electron chi connectivity index (χ3n) is 2.32. The maximum atomic E-state index is 3.51. The summed E-state index contributed by atoms with van der Waals surface area (Å²) in [6.07, 6.45) is 0. The van der Waals surface area contributed by atoms with E-state index in [0.717, 1.165) is 9.80 Å². The third-order valence-corrected chi connectivity index (χ3v) is 3.45. The van der Waals surface area contributed by atoms with Gasteiger partial charge < -0.3 is 0 Å². The highest BCUT2D eigenvalue weighted by atomic mass is 79.9. The predicted molar refractivity (Wildman–Crippen MR) is 72.2 cm³/mol. The highest BCUT2D eigenvalue weighted by molar-refractivity contribution is 9.10. The molecule has 0 spiro atoms. The molecule has 0 saturated heterocycles. The van der Waals surface area contributed by atoms with Crippen LogP contribution in [0.2, 0.25) is 0 Å². The number of hydrogen-bond donors (Lipinski definition) is 0. The van der Waals surface area contributed by atoms with E-state index in [2.05, 4.69) is 80.4 Å². The Labute approximate surface area is 107 Å². The smallest absolute Gasteiger partial charge is 0.0289 e. The SMILES string of the molecule is BrCc1ccccc1-c1ccc(Br)cc1. The van der Waals surface area contributed by atoms with Gasteiger partial charge in [-0.1, -0.05) is 68.3 Å². The molecule has 76 valence electrons. The standard InChI is InChI=1S/C13H10Br2/c14-9-11-3-1-2-4-13(11)10-5-7-12(15)8-6-10/h1-8H,9H2. The quantitative estimate of drug-likeness (QED) is 0.681. The molecule has 0 radical (unpaired) electrons. The molecule has 0 amide bonds. The minimum absolute atomic E-state index is 0.888. The normalized spacial score (nSPS) is 10.3. The first kappa shape index (κ1) is 10.9. The molecule has 2 aromatic carbocycles. The summed E-state index contributed by atoms with van der Waals surface area (Å²) < 4.78 is 1.11. The van der Waals surface area contributed by atoms with E-state index in [4.69, 9.17) is 0 Å². The van der Waals surface area contributed by atoms with E-state index >= 15 is 0 Å². The summed E-state index contributed by atoms with van der Waals surface area (Å²) in [6, 6.07) is 16.8. The minimum atomic E-state index is 0.888. The van der Waals surface area contributed by atoms with Crippen LogP contribution < -0.4 is 0 Å². The van der Waals surface area contributed by atoms with E-state index in [1.54, 1.807) is 0 Å². The largest absolute Gasteiger partial charge is 0.0876 e. The summed E-state index contributed by atoms with van der Waals surface area (Å²) >= 11 is 6.96. The Bertz CT molecular complexity index is 446. The Morgan fingerprint density at radius 2 is 1.53 bits per heavy atom. The molecule has 2 rings (SSSR count). The lowest BCUT2D eigenvalue weighted by molar-refractivity contribution is 1.43. The molecular weight excluding hydrogens is 316 g/mol. The predicted octanol–water partition coefficient (Wildman–Crippen LogP) is 5.01. The second-order valence-electron chi connectivity index (χ2n) is 3.30. The molecule has 2 heteroatoms. The molecular formula is C13H10Br2. The van der Waals surface area contributed by atoms with Crippen molar-refractivity contribution in [2.24, 2.45) is 0 Å². The van der Waals surface area contributed by atoms with Gasteiger partial charge in [-0.15, -0.1) is 0 Å². The van der Waals surface area contributed by atoms with Crippen molar-refractivity contribution in [1.29, 1.82) is 0 Å². The fourth-order valence-corrected chi connectivity index (χ4v) is 2.30. The average molecular weight is 326 g/mol. The Morgan fingerprint density at radius 1 is 0.867 bits per heavy atom. The Kier molecular flexibility index (Phi) is 3.60. The Morgan fingerprint density at radius 3 is 2.20 bits per heavy atom. The van der Waals surface area contributed by atoms with Crippen LogP contribution in [0, 0.1) is 0 Å². The molecule has 0 aliphatic carbocycles. The summed E-state index contributed by atoms with van der Waals surface area (Å²) in [5, 5.41) is 0.888. The molecule has 0 N–H and O–H groups in total. The molecule has 0 nitrogen and oxygen atoms in total. The van der Waals surface area contributed by atoms with Gasteiger partial charge in [-0.25, -0.2) is 0 Å². The third kappa shape index (κ3) is 2.50. The second-order valence-corrected chi connectivity index (χ2v) is 4.77. The summed E-state index contributed by atoms with van der Waals surface area (Å²) in [7, 11) is 0. The number of rotatable bonds is 2. The molecule has 0 unspecified atom stereocenters. The van der Waals surface area contributed by atoms with Crippen LogP contribution >= 0.6 is 31.9 Å². The molecule has 15 heavy (non-hydrogen) atoms. The molecule has 0 aliphatic rings. The van der Waals surface area contributed by atoms with Crippen LogP contribution in [0.1, 0.15) is 5.56 Å². The zero-order valence-corrected chi connectivity index (χ0v) is 11.3. The van der Waals surface area contributed by atoms with Crippen molar-refractivity contribution in [3.05, 3.63) is 58.6 Å². The van der Waals surface area contributed by atoms with Crippen LogP contribution in [0.4, 0.5) is 0 Å². The summed E-state index contributed by atoms with van der Waals surface area (Å²) in [5.74, 6) is 0. The molecule has 2 aromatic rings. The zero-order valence-electron chi connectivity index (χ0n) is 8.08. The maximum Gasteiger partial charge on any atom is 0.0289 e. The Balaban J connectivity index is 2.49. The first-order valence-corrected chi connectivity index (χ1v) is 6.62. The van der Waals surface area contributed by atoms with Gasteiger partial charge in [0.25, 0.3) is 0 Å². The number of halogens is 2. The van der Waals surface area contributed by atoms with E-state index in [0.29, 0.717) is 0 Å². The summed E-state index contributed by atoms with van der Waals surface area (Å²) in [5.41, 5.74) is 3.87. The molecule has 0 saturated carbocycles. The fourth-order valence-electron chi connectivity index (χ4n) is 1.55. The minimum Gasteiger partial charge on any atom is -0.0876 e. The van der Waals surface area contributed by atoms with Crippen LogP contribution in [0.25, 0.3) is 11.1 Å². The lowest BCUT2D eigenvalue weighted by Crippen LogP contribution is -1.84. The topological polar surface area (TPSA) is 0 Å². The average Bonchev–Trinajstić information content (AvgIpc) is 2.30. The number of hydrogen-bond acceptors (Lipinski definition) is 0. The van der Waals surface area contributed by atoms with E-state index in [1.165, 1.54) is 16.7 Å². The highest BCUT2D eigenvalue weighted by Gasteiger charge is 2.02. The molecule has 0 fully saturated rings. The molecule has 0 aromatic heterocycles. The van der Waals surface area contributed by atoms with Gasteiger partial charge in [-0.3, -0.25) is 0 Å². The molecule has 0 bridgehead atoms. The zero-order chi connectivity index (χ0) is 10.7. The fraction of sp³-hybridized carbons (Fsp3) is 0.0769. The summed E-state index contributed by atoms with van der Waals surface area (Å²) in [6.45, 7) is 0. The number of alkyl halides is 1. The monoisotopic (exact) mass is 324 g/mol. The van der Waals surface area contributed by atoms with Crippen molar-refractivity contribution in [3.63, 3.8) is 0 Å². The van der Waals surface area contributed by atoms with E-state index in [1.807, 2.05) is 0 Å².